The van der Waals surface area contributed by atoms with E-state index in [1.54, 1.807) is 72.8 Å². The zero-order chi connectivity index (χ0) is 22.2. The monoisotopic (exact) mass is 434 g/mol. The number of rotatable bonds is 6. The molecule has 0 aliphatic carbocycles. The lowest BCUT2D eigenvalue weighted by Gasteiger charge is -2.12. The van der Waals surface area contributed by atoms with E-state index in [1.165, 1.54) is 19.1 Å². The van der Waals surface area contributed by atoms with Crippen LogP contribution >= 0.6 is 11.6 Å². The van der Waals surface area contributed by atoms with Crippen molar-refractivity contribution >= 4 is 46.8 Å². The Hall–Kier alpha value is -3.90. The van der Waals surface area contributed by atoms with Gasteiger partial charge in [0.2, 0.25) is 5.91 Å². The summed E-state index contributed by atoms with van der Waals surface area (Å²) in [7, 11) is 0. The van der Waals surface area contributed by atoms with E-state index in [9.17, 15) is 14.4 Å². The Morgan fingerprint density at radius 2 is 1.55 bits per heavy atom. The normalized spacial score (nSPS) is 10.5. The predicted molar refractivity (Wildman–Crippen MR) is 121 cm³/mol. The molecule has 0 aliphatic rings. The molecule has 0 radical (unpaired) electrons. The molecule has 0 saturated carbocycles. The molecule has 0 atom stereocenters. The number of hydrogen-bond donors (Lipinski definition) is 2. The summed E-state index contributed by atoms with van der Waals surface area (Å²) >= 11 is 5.86. The largest absolute Gasteiger partial charge is 0.427 e. The second kappa shape index (κ2) is 10.2. The third-order valence-electron chi connectivity index (χ3n) is 4.09. The van der Waals surface area contributed by atoms with Crippen molar-refractivity contribution in [2.75, 3.05) is 10.6 Å². The van der Waals surface area contributed by atoms with Gasteiger partial charge in [-0.25, -0.2) is 0 Å². The van der Waals surface area contributed by atoms with Gasteiger partial charge in [-0.05, 0) is 54.1 Å². The molecule has 0 saturated heterocycles. The second-order valence-electron chi connectivity index (χ2n) is 6.50. The summed E-state index contributed by atoms with van der Waals surface area (Å²) in [6.07, 6.45) is 3.05. The van der Waals surface area contributed by atoms with Gasteiger partial charge in [-0.1, -0.05) is 41.9 Å². The molecule has 0 spiro atoms. The Kier molecular flexibility index (Phi) is 7.19. The van der Waals surface area contributed by atoms with Crippen LogP contribution in [0.5, 0.6) is 5.75 Å². The van der Waals surface area contributed by atoms with Crippen LogP contribution in [0.25, 0.3) is 6.08 Å². The average Bonchev–Trinajstić information content (AvgIpc) is 2.74. The van der Waals surface area contributed by atoms with Gasteiger partial charge >= 0.3 is 5.97 Å². The molecule has 3 aromatic rings. The SMILES string of the molecule is CC(=O)Oc1cccc(C(=O)Nc2ccccc2NC(=O)/C=C/c2ccc(Cl)cc2)c1. The van der Waals surface area contributed by atoms with Crippen molar-refractivity contribution in [3.8, 4) is 5.75 Å². The number of carbonyl (C=O) groups excluding carboxylic acids is 3. The lowest BCUT2D eigenvalue weighted by atomic mass is 10.2. The lowest BCUT2D eigenvalue weighted by Crippen LogP contribution is -2.15. The summed E-state index contributed by atoms with van der Waals surface area (Å²) < 4.78 is 5.01. The minimum Gasteiger partial charge on any atom is -0.427 e. The zero-order valence-corrected chi connectivity index (χ0v) is 17.3. The van der Waals surface area contributed by atoms with Gasteiger partial charge in [0.25, 0.3) is 5.91 Å². The Bertz CT molecular complexity index is 1140. The van der Waals surface area contributed by atoms with E-state index < -0.39 is 11.9 Å². The zero-order valence-electron chi connectivity index (χ0n) is 16.6. The Balaban J connectivity index is 1.70. The molecule has 0 unspecified atom stereocenters. The second-order valence-corrected chi connectivity index (χ2v) is 6.93. The fourth-order valence-electron chi connectivity index (χ4n) is 2.68. The first-order chi connectivity index (χ1) is 14.9. The third kappa shape index (κ3) is 6.55. The van der Waals surface area contributed by atoms with Crippen LogP contribution in [0.4, 0.5) is 11.4 Å². The number of halogens is 1. The number of benzene rings is 3. The van der Waals surface area contributed by atoms with Crippen LogP contribution in [-0.4, -0.2) is 17.8 Å². The molecule has 0 aromatic heterocycles. The van der Waals surface area contributed by atoms with Crippen molar-refractivity contribution < 1.29 is 19.1 Å². The molecule has 7 heteroatoms. The Morgan fingerprint density at radius 1 is 0.871 bits per heavy atom. The molecule has 3 aromatic carbocycles. The minimum atomic E-state index is -0.475. The summed E-state index contributed by atoms with van der Waals surface area (Å²) in [6.45, 7) is 1.28. The molecule has 0 heterocycles. The maximum Gasteiger partial charge on any atom is 0.308 e. The van der Waals surface area contributed by atoms with Crippen LogP contribution in [-0.2, 0) is 9.59 Å². The van der Waals surface area contributed by atoms with Crippen LogP contribution in [0.15, 0.2) is 78.9 Å². The number of para-hydroxylation sites is 2. The van der Waals surface area contributed by atoms with Crippen LogP contribution in [0.2, 0.25) is 5.02 Å². The number of anilines is 2. The average molecular weight is 435 g/mol. The van der Waals surface area contributed by atoms with E-state index in [0.29, 0.717) is 22.0 Å². The molecular weight excluding hydrogens is 416 g/mol. The van der Waals surface area contributed by atoms with Gasteiger partial charge in [0.1, 0.15) is 5.75 Å². The maximum absolute atomic E-state index is 12.6. The summed E-state index contributed by atoms with van der Waals surface area (Å²) in [6, 6.07) is 20.2. The summed E-state index contributed by atoms with van der Waals surface area (Å²) in [5, 5.41) is 6.13. The van der Waals surface area contributed by atoms with E-state index in [4.69, 9.17) is 16.3 Å². The predicted octanol–water partition coefficient (Wildman–Crippen LogP) is 5.17. The molecule has 3 rings (SSSR count). The van der Waals surface area contributed by atoms with Gasteiger partial charge in [0.15, 0.2) is 0 Å². The number of esters is 1. The highest BCUT2D eigenvalue weighted by atomic mass is 35.5. The molecule has 2 amide bonds. The first kappa shape index (κ1) is 21.8. The number of amides is 2. The highest BCUT2D eigenvalue weighted by molar-refractivity contribution is 6.30. The van der Waals surface area contributed by atoms with E-state index in [0.717, 1.165) is 5.56 Å². The first-order valence-corrected chi connectivity index (χ1v) is 9.72. The molecular formula is C24H19ClN2O4. The first-order valence-electron chi connectivity index (χ1n) is 9.34. The molecule has 0 fully saturated rings. The molecule has 156 valence electrons. The Morgan fingerprint density at radius 3 is 2.23 bits per heavy atom. The smallest absolute Gasteiger partial charge is 0.308 e. The van der Waals surface area contributed by atoms with Crippen LogP contribution in [0, 0.1) is 0 Å². The van der Waals surface area contributed by atoms with E-state index in [-0.39, 0.29) is 11.7 Å². The van der Waals surface area contributed by atoms with Gasteiger partial charge in [-0.2, -0.15) is 0 Å². The quantitative estimate of drug-likeness (QED) is 0.318. The number of carbonyl (C=O) groups is 3. The maximum atomic E-state index is 12.6. The fourth-order valence-corrected chi connectivity index (χ4v) is 2.81. The van der Waals surface area contributed by atoms with E-state index in [1.807, 2.05) is 0 Å². The highest BCUT2D eigenvalue weighted by Gasteiger charge is 2.11. The standard InChI is InChI=1S/C24H19ClN2O4/c1-16(28)31-20-6-4-5-18(15-20)24(30)27-22-8-3-2-7-21(22)26-23(29)14-11-17-9-12-19(25)13-10-17/h2-15H,1H3,(H,26,29)(H,27,30)/b14-11+. The highest BCUT2D eigenvalue weighted by Crippen LogP contribution is 2.23. The lowest BCUT2D eigenvalue weighted by molar-refractivity contribution is -0.131. The van der Waals surface area contributed by atoms with E-state index in [2.05, 4.69) is 10.6 Å². The molecule has 2 N–H and O–H groups in total. The van der Waals surface area contributed by atoms with Crippen molar-refractivity contribution in [2.24, 2.45) is 0 Å². The third-order valence-corrected chi connectivity index (χ3v) is 4.34. The van der Waals surface area contributed by atoms with Gasteiger partial charge in [-0.3, -0.25) is 14.4 Å². The van der Waals surface area contributed by atoms with Crippen molar-refractivity contribution in [3.05, 3.63) is 95.0 Å². The number of ether oxygens (including phenoxy) is 1. The molecule has 6 nitrogen and oxygen atoms in total. The van der Waals surface area contributed by atoms with Crippen molar-refractivity contribution in [3.63, 3.8) is 0 Å². The van der Waals surface area contributed by atoms with E-state index >= 15 is 0 Å². The molecule has 0 bridgehead atoms. The van der Waals surface area contributed by atoms with Crippen molar-refractivity contribution in [1.82, 2.24) is 0 Å². The number of hydrogen-bond acceptors (Lipinski definition) is 4. The Labute approximate surface area is 184 Å². The van der Waals surface area contributed by atoms with Crippen molar-refractivity contribution in [1.29, 1.82) is 0 Å². The summed E-state index contributed by atoms with van der Waals surface area (Å²) in [5.74, 6) is -0.966. The van der Waals surface area contributed by atoms with Gasteiger partial charge in [0, 0.05) is 23.6 Å². The van der Waals surface area contributed by atoms with Crippen LogP contribution in [0.1, 0.15) is 22.8 Å². The topological polar surface area (TPSA) is 84.5 Å². The molecule has 0 aliphatic heterocycles. The van der Waals surface area contributed by atoms with Gasteiger partial charge in [0.05, 0.1) is 11.4 Å². The van der Waals surface area contributed by atoms with Crippen LogP contribution < -0.4 is 15.4 Å². The van der Waals surface area contributed by atoms with Crippen LogP contribution in [0.3, 0.4) is 0 Å². The molecule has 31 heavy (non-hydrogen) atoms. The summed E-state index contributed by atoms with van der Waals surface area (Å²) in [5.41, 5.74) is 2.01. The number of nitrogens with one attached hydrogen (secondary N) is 2. The van der Waals surface area contributed by atoms with Gasteiger partial charge < -0.3 is 15.4 Å². The minimum absolute atomic E-state index is 0.272. The fraction of sp³-hybridized carbons (Fsp3) is 0.0417. The summed E-state index contributed by atoms with van der Waals surface area (Å²) in [4.78, 5) is 36.1. The van der Waals surface area contributed by atoms with Crippen molar-refractivity contribution in [2.45, 2.75) is 6.92 Å². The van der Waals surface area contributed by atoms with Gasteiger partial charge in [-0.15, -0.1) is 0 Å².